The number of anilines is 1. The van der Waals surface area contributed by atoms with E-state index in [1.807, 2.05) is 29.6 Å². The zero-order chi connectivity index (χ0) is 14.7. The minimum atomic E-state index is -0.411. The van der Waals surface area contributed by atoms with Gasteiger partial charge in [0.1, 0.15) is 11.0 Å². The summed E-state index contributed by atoms with van der Waals surface area (Å²) in [7, 11) is 0. The highest BCUT2D eigenvalue weighted by Crippen LogP contribution is 2.24. The fraction of sp³-hybridized carbons (Fsp3) is 0.214. The van der Waals surface area contributed by atoms with Gasteiger partial charge >= 0.3 is 0 Å². The second-order valence-corrected chi connectivity index (χ2v) is 5.54. The molecule has 1 atom stereocenters. The summed E-state index contributed by atoms with van der Waals surface area (Å²) in [5.74, 6) is -0.254. The van der Waals surface area contributed by atoms with Gasteiger partial charge in [-0.05, 0) is 12.1 Å². The molecular formula is C14H14N4O2S. The predicted molar refractivity (Wildman–Crippen MR) is 81.0 cm³/mol. The van der Waals surface area contributed by atoms with Gasteiger partial charge < -0.3 is 10.6 Å². The molecule has 0 bridgehead atoms. The van der Waals surface area contributed by atoms with Crippen LogP contribution >= 0.6 is 11.3 Å². The third-order valence-corrected chi connectivity index (χ3v) is 3.96. The average Bonchev–Trinajstić information content (AvgIpc) is 3.02. The summed E-state index contributed by atoms with van der Waals surface area (Å²) in [6.07, 6.45) is 1.75. The number of benzene rings is 1. The molecule has 0 spiro atoms. The molecule has 1 unspecified atom stereocenters. The molecule has 0 radical (unpaired) electrons. The van der Waals surface area contributed by atoms with E-state index in [4.69, 9.17) is 0 Å². The second-order valence-electron chi connectivity index (χ2n) is 4.64. The highest BCUT2D eigenvalue weighted by atomic mass is 32.1. The lowest BCUT2D eigenvalue weighted by atomic mass is 10.2. The highest BCUT2D eigenvalue weighted by molar-refractivity contribution is 7.13. The van der Waals surface area contributed by atoms with Crippen LogP contribution in [-0.2, 0) is 9.59 Å². The topological polar surface area (TPSA) is 83.1 Å². The number of nitrogens with one attached hydrogen (secondary N) is 3. The lowest BCUT2D eigenvalue weighted by Crippen LogP contribution is -2.56. The van der Waals surface area contributed by atoms with Crippen molar-refractivity contribution in [2.75, 3.05) is 18.4 Å². The van der Waals surface area contributed by atoms with E-state index in [-0.39, 0.29) is 18.4 Å². The van der Waals surface area contributed by atoms with E-state index in [2.05, 4.69) is 20.9 Å². The summed E-state index contributed by atoms with van der Waals surface area (Å²) in [5, 5.41) is 11.2. The number of carbonyl (C=O) groups excluding carboxylic acids is 2. The van der Waals surface area contributed by atoms with E-state index in [1.165, 1.54) is 0 Å². The number of piperazine rings is 1. The summed E-state index contributed by atoms with van der Waals surface area (Å²) in [4.78, 5) is 27.4. The van der Waals surface area contributed by atoms with E-state index in [1.54, 1.807) is 17.5 Å². The molecule has 1 saturated heterocycles. The van der Waals surface area contributed by atoms with Gasteiger partial charge in [0.15, 0.2) is 0 Å². The molecule has 2 amide bonds. The van der Waals surface area contributed by atoms with Crippen molar-refractivity contribution >= 4 is 28.8 Å². The summed E-state index contributed by atoms with van der Waals surface area (Å²) >= 11 is 1.55. The zero-order valence-electron chi connectivity index (χ0n) is 11.1. The molecule has 1 aromatic carbocycles. The van der Waals surface area contributed by atoms with Gasteiger partial charge in [-0.25, -0.2) is 4.98 Å². The van der Waals surface area contributed by atoms with Crippen molar-refractivity contribution in [2.45, 2.75) is 6.04 Å². The normalized spacial score (nSPS) is 18.1. The Morgan fingerprint density at radius 2 is 2.33 bits per heavy atom. The van der Waals surface area contributed by atoms with Gasteiger partial charge in [0.2, 0.25) is 11.8 Å². The van der Waals surface area contributed by atoms with Gasteiger partial charge in [0.25, 0.3) is 0 Å². The molecule has 1 fully saturated rings. The molecule has 21 heavy (non-hydrogen) atoms. The van der Waals surface area contributed by atoms with Crippen molar-refractivity contribution in [3.8, 4) is 10.6 Å². The number of thiazole rings is 1. The number of aromatic nitrogens is 1. The maximum Gasteiger partial charge on any atom is 0.243 e. The molecule has 0 saturated carbocycles. The lowest BCUT2D eigenvalue weighted by molar-refractivity contribution is -0.124. The van der Waals surface area contributed by atoms with Gasteiger partial charge in [-0.2, -0.15) is 0 Å². The Kier molecular flexibility index (Phi) is 3.94. The number of carbonyl (C=O) groups is 2. The van der Waals surface area contributed by atoms with Gasteiger partial charge in [-0.1, -0.05) is 12.1 Å². The van der Waals surface area contributed by atoms with Crippen LogP contribution in [0.4, 0.5) is 5.69 Å². The third-order valence-electron chi connectivity index (χ3n) is 3.14. The maximum atomic E-state index is 12.1. The SMILES string of the molecule is O=C1CNC(C(=O)Nc2cccc(-c3nccs3)c2)CN1. The molecule has 6 nitrogen and oxygen atoms in total. The van der Waals surface area contributed by atoms with Crippen LogP contribution in [0.25, 0.3) is 10.6 Å². The van der Waals surface area contributed by atoms with Gasteiger partial charge in [-0.15, -0.1) is 11.3 Å². The minimum Gasteiger partial charge on any atom is -0.353 e. The van der Waals surface area contributed by atoms with Crippen LogP contribution in [0.15, 0.2) is 35.8 Å². The zero-order valence-corrected chi connectivity index (χ0v) is 11.9. The van der Waals surface area contributed by atoms with Crippen LogP contribution < -0.4 is 16.0 Å². The Morgan fingerprint density at radius 3 is 3.05 bits per heavy atom. The Morgan fingerprint density at radius 1 is 1.43 bits per heavy atom. The van der Waals surface area contributed by atoms with Crippen molar-refractivity contribution < 1.29 is 9.59 Å². The van der Waals surface area contributed by atoms with Crippen LogP contribution in [0.3, 0.4) is 0 Å². The molecule has 108 valence electrons. The van der Waals surface area contributed by atoms with Crippen molar-refractivity contribution in [1.82, 2.24) is 15.6 Å². The van der Waals surface area contributed by atoms with E-state index < -0.39 is 6.04 Å². The number of nitrogens with zero attached hydrogens (tertiary/aromatic N) is 1. The van der Waals surface area contributed by atoms with Crippen molar-refractivity contribution in [3.63, 3.8) is 0 Å². The lowest BCUT2D eigenvalue weighted by Gasteiger charge is -2.23. The van der Waals surface area contributed by atoms with Crippen molar-refractivity contribution in [1.29, 1.82) is 0 Å². The molecule has 2 aromatic rings. The molecule has 1 aliphatic heterocycles. The Balaban J connectivity index is 1.69. The van der Waals surface area contributed by atoms with Crippen LogP contribution in [0, 0.1) is 0 Å². The maximum absolute atomic E-state index is 12.1. The number of hydrogen-bond acceptors (Lipinski definition) is 5. The molecule has 1 aliphatic rings. The first-order valence-electron chi connectivity index (χ1n) is 6.53. The van der Waals surface area contributed by atoms with E-state index in [0.29, 0.717) is 12.2 Å². The highest BCUT2D eigenvalue weighted by Gasteiger charge is 2.23. The average molecular weight is 302 g/mol. The smallest absolute Gasteiger partial charge is 0.243 e. The molecule has 1 aromatic heterocycles. The summed E-state index contributed by atoms with van der Waals surface area (Å²) < 4.78 is 0. The monoisotopic (exact) mass is 302 g/mol. The fourth-order valence-electron chi connectivity index (χ4n) is 2.08. The quantitative estimate of drug-likeness (QED) is 0.784. The molecule has 7 heteroatoms. The second kappa shape index (κ2) is 6.02. The summed E-state index contributed by atoms with van der Waals surface area (Å²) in [5.41, 5.74) is 1.68. The Labute approximate surface area is 125 Å². The molecule has 2 heterocycles. The number of rotatable bonds is 3. The Hall–Kier alpha value is -2.25. The first-order chi connectivity index (χ1) is 10.2. The number of amides is 2. The predicted octanol–water partition coefficient (Wildman–Crippen LogP) is 0.837. The first kappa shape index (κ1) is 13.7. The van der Waals surface area contributed by atoms with Crippen LogP contribution in [0.1, 0.15) is 0 Å². The van der Waals surface area contributed by atoms with E-state index in [9.17, 15) is 9.59 Å². The molecule has 3 rings (SSSR count). The largest absolute Gasteiger partial charge is 0.353 e. The van der Waals surface area contributed by atoms with Crippen LogP contribution in [0.5, 0.6) is 0 Å². The molecule has 3 N–H and O–H groups in total. The van der Waals surface area contributed by atoms with Crippen molar-refractivity contribution in [2.24, 2.45) is 0 Å². The standard InChI is InChI=1S/C14H14N4O2S/c19-12-8-16-11(7-17-12)13(20)18-10-3-1-2-9(6-10)14-15-4-5-21-14/h1-6,11,16H,7-8H2,(H,17,19)(H,18,20). The van der Waals surface area contributed by atoms with Gasteiger partial charge in [-0.3, -0.25) is 14.9 Å². The van der Waals surface area contributed by atoms with Crippen LogP contribution in [-0.4, -0.2) is 35.9 Å². The van der Waals surface area contributed by atoms with E-state index >= 15 is 0 Å². The summed E-state index contributed by atoms with van der Waals surface area (Å²) in [6.45, 7) is 0.466. The number of hydrogen-bond donors (Lipinski definition) is 3. The minimum absolute atomic E-state index is 0.0928. The molecule has 0 aliphatic carbocycles. The van der Waals surface area contributed by atoms with Gasteiger partial charge in [0, 0.05) is 29.4 Å². The third kappa shape index (κ3) is 3.26. The summed E-state index contributed by atoms with van der Waals surface area (Å²) in [6, 6.07) is 7.14. The van der Waals surface area contributed by atoms with Gasteiger partial charge in [0.05, 0.1) is 6.54 Å². The first-order valence-corrected chi connectivity index (χ1v) is 7.41. The van der Waals surface area contributed by atoms with Crippen LogP contribution in [0.2, 0.25) is 0 Å². The molecular weight excluding hydrogens is 288 g/mol. The van der Waals surface area contributed by atoms with Crippen molar-refractivity contribution in [3.05, 3.63) is 35.8 Å². The van der Waals surface area contributed by atoms with E-state index in [0.717, 1.165) is 10.6 Å². The Bertz CT molecular complexity index is 647. The fourth-order valence-corrected chi connectivity index (χ4v) is 2.71.